The first kappa shape index (κ1) is 19.9. The van der Waals surface area contributed by atoms with Crippen molar-refractivity contribution in [2.75, 3.05) is 4.90 Å². The molecule has 4 heteroatoms. The molecule has 2 aliphatic rings. The van der Waals surface area contributed by atoms with Crippen molar-refractivity contribution in [3.8, 4) is 12.1 Å². The number of nitrogens with zero attached hydrogens (tertiary/aromatic N) is 3. The monoisotopic (exact) mass is 395 g/mol. The zero-order valence-electron chi connectivity index (χ0n) is 17.8. The number of nitriles is 2. The number of carbonyl (C=O) groups excluding carboxylic acids is 1. The van der Waals surface area contributed by atoms with Crippen molar-refractivity contribution in [1.82, 2.24) is 0 Å². The highest BCUT2D eigenvalue weighted by atomic mass is 16.1. The van der Waals surface area contributed by atoms with E-state index in [4.69, 9.17) is 0 Å². The Balaban J connectivity index is 2.04. The van der Waals surface area contributed by atoms with Crippen molar-refractivity contribution in [2.45, 2.75) is 45.7 Å². The van der Waals surface area contributed by atoms with Crippen LogP contribution >= 0.6 is 0 Å². The molecular weight excluding hydrogens is 370 g/mol. The van der Waals surface area contributed by atoms with Crippen LogP contribution < -0.4 is 4.90 Å². The molecule has 0 spiro atoms. The number of hydrogen-bond donors (Lipinski definition) is 0. The van der Waals surface area contributed by atoms with Gasteiger partial charge in [0.1, 0.15) is 0 Å². The number of para-hydroxylation sites is 1. The summed E-state index contributed by atoms with van der Waals surface area (Å²) in [4.78, 5) is 15.9. The van der Waals surface area contributed by atoms with Gasteiger partial charge in [-0.1, -0.05) is 81.0 Å². The summed E-state index contributed by atoms with van der Waals surface area (Å²) in [6.45, 7) is 7.70. The fourth-order valence-electron chi connectivity index (χ4n) is 4.92. The molecule has 0 bridgehead atoms. The van der Waals surface area contributed by atoms with Gasteiger partial charge in [0, 0.05) is 17.0 Å². The molecule has 2 aromatic rings. The predicted octanol–water partition coefficient (Wildman–Crippen LogP) is 5.01. The van der Waals surface area contributed by atoms with Gasteiger partial charge < -0.3 is 4.90 Å². The minimum absolute atomic E-state index is 0.0384. The summed E-state index contributed by atoms with van der Waals surface area (Å²) in [5, 5.41) is 20.7. The van der Waals surface area contributed by atoms with Crippen LogP contribution in [0.1, 0.15) is 43.4 Å². The highest BCUT2D eigenvalue weighted by Crippen LogP contribution is 2.56. The summed E-state index contributed by atoms with van der Waals surface area (Å²) in [5.41, 5.74) is 1.81. The van der Waals surface area contributed by atoms with Crippen LogP contribution in [0.4, 0.5) is 5.69 Å². The SMILES string of the molecule is Cc1cccc([C@@H]2[C@@H](C(=O)C(C)(C)C)N3c4ccccc4C=C[C@@H]3C2(C#N)C#N)c1. The van der Waals surface area contributed by atoms with Crippen molar-refractivity contribution in [1.29, 1.82) is 10.5 Å². The number of aryl methyl sites for hydroxylation is 1. The molecule has 0 aliphatic carbocycles. The standard InChI is InChI=1S/C26H25N3O/c1-17-8-7-10-19(14-17)22-23(24(30)25(2,3)4)29-20-11-6-5-9-18(20)12-13-21(29)26(22,15-27)16-28/h5-14,21-23H,1-4H3/t21-,22-,23+/m1/s1. The Hall–Kier alpha value is -3.37. The molecule has 0 saturated carbocycles. The van der Waals surface area contributed by atoms with Crippen LogP contribution in [-0.2, 0) is 4.79 Å². The number of fused-ring (bicyclic) bond motifs is 3. The van der Waals surface area contributed by atoms with Crippen molar-refractivity contribution in [3.05, 3.63) is 71.3 Å². The second-order valence-corrected chi connectivity index (χ2v) is 9.31. The van der Waals surface area contributed by atoms with Gasteiger partial charge >= 0.3 is 0 Å². The van der Waals surface area contributed by atoms with E-state index in [0.29, 0.717) is 0 Å². The number of rotatable bonds is 2. The van der Waals surface area contributed by atoms with Gasteiger partial charge in [-0.3, -0.25) is 4.79 Å². The lowest BCUT2D eigenvalue weighted by molar-refractivity contribution is -0.127. The van der Waals surface area contributed by atoms with E-state index in [9.17, 15) is 15.3 Å². The van der Waals surface area contributed by atoms with Gasteiger partial charge in [0.05, 0.1) is 24.2 Å². The lowest BCUT2D eigenvalue weighted by atomic mass is 9.67. The van der Waals surface area contributed by atoms with Crippen LogP contribution in [0.15, 0.2) is 54.6 Å². The number of ketones is 1. The third-order valence-electron chi connectivity index (χ3n) is 6.32. The molecule has 4 rings (SSSR count). The van der Waals surface area contributed by atoms with Crippen molar-refractivity contribution >= 4 is 17.5 Å². The molecule has 0 N–H and O–H groups in total. The van der Waals surface area contributed by atoms with E-state index in [1.54, 1.807) is 0 Å². The number of benzene rings is 2. The minimum Gasteiger partial charge on any atom is -0.351 e. The zero-order chi connectivity index (χ0) is 21.7. The molecule has 0 unspecified atom stereocenters. The van der Waals surface area contributed by atoms with Gasteiger partial charge in [0.2, 0.25) is 0 Å². The first-order chi connectivity index (χ1) is 14.2. The zero-order valence-corrected chi connectivity index (χ0v) is 17.8. The largest absolute Gasteiger partial charge is 0.351 e. The van der Waals surface area contributed by atoms with Gasteiger partial charge in [-0.2, -0.15) is 10.5 Å². The van der Waals surface area contributed by atoms with Gasteiger partial charge in [0.15, 0.2) is 11.2 Å². The Labute approximate surface area is 178 Å². The Morgan fingerprint density at radius 2 is 1.77 bits per heavy atom. The van der Waals surface area contributed by atoms with E-state index < -0.39 is 28.8 Å². The second-order valence-electron chi connectivity index (χ2n) is 9.31. The van der Waals surface area contributed by atoms with Crippen molar-refractivity contribution in [3.63, 3.8) is 0 Å². The van der Waals surface area contributed by atoms with Crippen LogP contribution in [0.2, 0.25) is 0 Å². The molecule has 0 aromatic heterocycles. The summed E-state index contributed by atoms with van der Waals surface area (Å²) in [6.07, 6.45) is 3.89. The molecule has 1 fully saturated rings. The van der Waals surface area contributed by atoms with Gasteiger partial charge in [-0.05, 0) is 24.1 Å². The quantitative estimate of drug-likeness (QED) is 0.717. The van der Waals surface area contributed by atoms with E-state index in [1.165, 1.54) is 0 Å². The van der Waals surface area contributed by atoms with Gasteiger partial charge in [-0.25, -0.2) is 0 Å². The van der Waals surface area contributed by atoms with Crippen LogP contribution in [-0.4, -0.2) is 17.9 Å². The first-order valence-electron chi connectivity index (χ1n) is 10.2. The van der Waals surface area contributed by atoms with E-state index in [0.717, 1.165) is 22.4 Å². The predicted molar refractivity (Wildman–Crippen MR) is 118 cm³/mol. The van der Waals surface area contributed by atoms with Crippen molar-refractivity contribution < 1.29 is 4.79 Å². The molecule has 0 amide bonds. The maximum Gasteiger partial charge on any atom is 0.176 e. The summed E-state index contributed by atoms with van der Waals surface area (Å²) in [7, 11) is 0. The molecule has 3 atom stereocenters. The highest BCUT2D eigenvalue weighted by molar-refractivity contribution is 5.96. The van der Waals surface area contributed by atoms with E-state index >= 15 is 0 Å². The molecular formula is C26H25N3O. The molecule has 1 saturated heterocycles. The molecule has 4 nitrogen and oxygen atoms in total. The number of carbonyl (C=O) groups is 1. The van der Waals surface area contributed by atoms with Crippen LogP contribution in [0.5, 0.6) is 0 Å². The summed E-state index contributed by atoms with van der Waals surface area (Å²) >= 11 is 0. The number of Topliss-reactive ketones (excluding diaryl/α,β-unsaturated/α-hetero) is 1. The third-order valence-corrected chi connectivity index (χ3v) is 6.32. The second kappa shape index (κ2) is 6.85. The van der Waals surface area contributed by atoms with Crippen LogP contribution in [0.25, 0.3) is 6.08 Å². The van der Waals surface area contributed by atoms with E-state index in [2.05, 4.69) is 12.1 Å². The van der Waals surface area contributed by atoms with Crippen LogP contribution in [0, 0.1) is 40.4 Å². The van der Waals surface area contributed by atoms with E-state index in [1.807, 2.05) is 93.3 Å². The summed E-state index contributed by atoms with van der Waals surface area (Å²) in [5.74, 6) is -0.517. The smallest absolute Gasteiger partial charge is 0.176 e. The molecule has 0 radical (unpaired) electrons. The normalized spacial score (nSPS) is 23.8. The maximum atomic E-state index is 13.8. The Morgan fingerprint density at radius 1 is 1.07 bits per heavy atom. The Kier molecular flexibility index (Phi) is 4.55. The fourth-order valence-corrected chi connectivity index (χ4v) is 4.92. The van der Waals surface area contributed by atoms with E-state index in [-0.39, 0.29) is 5.78 Å². The lowest BCUT2D eigenvalue weighted by Gasteiger charge is -2.37. The number of anilines is 1. The Morgan fingerprint density at radius 3 is 2.40 bits per heavy atom. The third kappa shape index (κ3) is 2.76. The average Bonchev–Trinajstić information content (AvgIpc) is 3.03. The molecule has 30 heavy (non-hydrogen) atoms. The Bertz CT molecular complexity index is 1110. The molecule has 150 valence electrons. The molecule has 2 aliphatic heterocycles. The summed E-state index contributed by atoms with van der Waals surface area (Å²) in [6, 6.07) is 19.4. The first-order valence-corrected chi connectivity index (χ1v) is 10.2. The van der Waals surface area contributed by atoms with Gasteiger partial charge in [-0.15, -0.1) is 0 Å². The summed E-state index contributed by atoms with van der Waals surface area (Å²) < 4.78 is 0. The fraction of sp³-hybridized carbons (Fsp3) is 0.346. The lowest BCUT2D eigenvalue weighted by Crippen LogP contribution is -2.47. The average molecular weight is 396 g/mol. The van der Waals surface area contributed by atoms with Crippen molar-refractivity contribution in [2.24, 2.45) is 10.8 Å². The number of hydrogen-bond acceptors (Lipinski definition) is 4. The minimum atomic E-state index is -1.37. The topological polar surface area (TPSA) is 67.9 Å². The maximum absolute atomic E-state index is 13.8. The van der Waals surface area contributed by atoms with Crippen LogP contribution in [0.3, 0.4) is 0 Å². The highest BCUT2D eigenvalue weighted by Gasteiger charge is 2.64. The molecule has 2 aromatic carbocycles. The van der Waals surface area contributed by atoms with Gasteiger partial charge in [0.25, 0.3) is 0 Å². The molecule has 2 heterocycles.